The van der Waals surface area contributed by atoms with Crippen LogP contribution >= 0.6 is 15.9 Å². The van der Waals surface area contributed by atoms with E-state index in [9.17, 15) is 4.79 Å². The predicted molar refractivity (Wildman–Crippen MR) is 45.1 cm³/mol. The van der Waals surface area contributed by atoms with Gasteiger partial charge in [0.1, 0.15) is 0 Å². The first-order valence-corrected chi connectivity index (χ1v) is 4.39. The summed E-state index contributed by atoms with van der Waals surface area (Å²) in [6, 6.07) is 0. The van der Waals surface area contributed by atoms with Crippen molar-refractivity contribution in [1.29, 1.82) is 0 Å². The zero-order valence-electron chi connectivity index (χ0n) is 6.11. The second-order valence-electron chi connectivity index (χ2n) is 2.64. The summed E-state index contributed by atoms with van der Waals surface area (Å²) >= 11 is 3.34. The quantitative estimate of drug-likeness (QED) is 0.553. The minimum atomic E-state index is 0.334. The molecule has 0 spiro atoms. The molecule has 0 atom stereocenters. The molecule has 0 heterocycles. The van der Waals surface area contributed by atoms with E-state index in [1.165, 1.54) is 6.42 Å². The number of halogens is 1. The fourth-order valence-corrected chi connectivity index (χ4v) is 1.66. The third-order valence-corrected chi connectivity index (χ3v) is 2.31. The molecule has 56 valence electrons. The van der Waals surface area contributed by atoms with Gasteiger partial charge in [0.2, 0.25) is 0 Å². The van der Waals surface area contributed by atoms with Crippen LogP contribution in [-0.4, -0.2) is 5.78 Å². The molecule has 1 saturated carbocycles. The Morgan fingerprint density at radius 1 is 1.40 bits per heavy atom. The van der Waals surface area contributed by atoms with E-state index in [2.05, 4.69) is 15.9 Å². The van der Waals surface area contributed by atoms with Gasteiger partial charge in [0.15, 0.2) is 5.78 Å². The summed E-state index contributed by atoms with van der Waals surface area (Å²) in [4.78, 5) is 11.1. The number of rotatable bonds is 0. The smallest absolute Gasteiger partial charge is 0.159 e. The van der Waals surface area contributed by atoms with Gasteiger partial charge in [0, 0.05) is 12.0 Å². The first kappa shape index (κ1) is 7.99. The van der Waals surface area contributed by atoms with Gasteiger partial charge >= 0.3 is 0 Å². The molecule has 0 aromatic rings. The van der Waals surface area contributed by atoms with Crippen LogP contribution in [-0.2, 0) is 4.79 Å². The van der Waals surface area contributed by atoms with Crippen molar-refractivity contribution in [3.8, 4) is 0 Å². The molecule has 0 saturated heterocycles. The lowest BCUT2D eigenvalue weighted by Crippen LogP contribution is -2.08. The molecule has 0 N–H and O–H groups in total. The summed E-state index contributed by atoms with van der Waals surface area (Å²) in [6.07, 6.45) is 3.96. The van der Waals surface area contributed by atoms with Crippen LogP contribution in [0.5, 0.6) is 0 Å². The monoisotopic (exact) mass is 202 g/mol. The van der Waals surface area contributed by atoms with Crippen molar-refractivity contribution in [1.82, 2.24) is 0 Å². The topological polar surface area (TPSA) is 17.1 Å². The zero-order valence-corrected chi connectivity index (χ0v) is 7.70. The van der Waals surface area contributed by atoms with Gasteiger partial charge in [0.25, 0.3) is 0 Å². The molecule has 1 fully saturated rings. The van der Waals surface area contributed by atoms with Gasteiger partial charge in [0.05, 0.1) is 0 Å². The second kappa shape index (κ2) is 3.33. The van der Waals surface area contributed by atoms with Crippen LogP contribution in [0.3, 0.4) is 0 Å². The number of Topliss-reactive ketones (excluding diaryl/α,β-unsaturated/α-hetero) is 1. The third-order valence-electron chi connectivity index (χ3n) is 1.83. The number of hydrogen-bond acceptors (Lipinski definition) is 1. The average Bonchev–Trinajstić information content (AvgIpc) is 1.88. The van der Waals surface area contributed by atoms with Gasteiger partial charge in [-0.3, -0.25) is 4.79 Å². The number of carbonyl (C=O) groups excluding carboxylic acids is 1. The highest BCUT2D eigenvalue weighted by atomic mass is 79.9. The number of carbonyl (C=O) groups is 1. The van der Waals surface area contributed by atoms with Crippen LogP contribution in [0.4, 0.5) is 0 Å². The molecule has 0 aliphatic heterocycles. The largest absolute Gasteiger partial charge is 0.295 e. The molecule has 1 rings (SSSR count). The van der Waals surface area contributed by atoms with E-state index in [1.807, 2.05) is 6.92 Å². The lowest BCUT2D eigenvalue weighted by atomic mass is 9.94. The van der Waals surface area contributed by atoms with Crippen molar-refractivity contribution in [2.24, 2.45) is 0 Å². The van der Waals surface area contributed by atoms with Gasteiger partial charge in [-0.25, -0.2) is 0 Å². The highest BCUT2D eigenvalue weighted by Gasteiger charge is 2.15. The minimum Gasteiger partial charge on any atom is -0.295 e. The van der Waals surface area contributed by atoms with Crippen LogP contribution in [0.1, 0.15) is 32.6 Å². The van der Waals surface area contributed by atoms with E-state index < -0.39 is 0 Å². The fourth-order valence-electron chi connectivity index (χ4n) is 1.24. The Hall–Kier alpha value is -0.110. The molecule has 0 amide bonds. The minimum absolute atomic E-state index is 0.334. The molecular weight excluding hydrogens is 192 g/mol. The first-order chi connectivity index (χ1) is 4.72. The molecule has 0 unspecified atom stereocenters. The Labute approximate surface area is 69.6 Å². The van der Waals surface area contributed by atoms with Crippen LogP contribution < -0.4 is 0 Å². The SMILES string of the molecule is CC(Br)=C1CCCCC1=O. The van der Waals surface area contributed by atoms with Crippen molar-refractivity contribution in [2.45, 2.75) is 32.6 Å². The number of allylic oxidation sites excluding steroid dienone is 2. The molecule has 0 aromatic heterocycles. The summed E-state index contributed by atoms with van der Waals surface area (Å²) in [6.45, 7) is 1.94. The van der Waals surface area contributed by atoms with E-state index in [0.717, 1.165) is 29.3 Å². The van der Waals surface area contributed by atoms with Crippen molar-refractivity contribution in [3.63, 3.8) is 0 Å². The van der Waals surface area contributed by atoms with Gasteiger partial charge in [-0.1, -0.05) is 15.9 Å². The van der Waals surface area contributed by atoms with Crippen LogP contribution in [0, 0.1) is 0 Å². The second-order valence-corrected chi connectivity index (χ2v) is 3.83. The lowest BCUT2D eigenvalue weighted by Gasteiger charge is -2.12. The Morgan fingerprint density at radius 3 is 2.40 bits per heavy atom. The van der Waals surface area contributed by atoms with E-state index in [-0.39, 0.29) is 0 Å². The summed E-state index contributed by atoms with van der Waals surface area (Å²) in [5.41, 5.74) is 1.01. The first-order valence-electron chi connectivity index (χ1n) is 3.60. The van der Waals surface area contributed by atoms with Gasteiger partial charge in [-0.15, -0.1) is 0 Å². The van der Waals surface area contributed by atoms with Gasteiger partial charge in [-0.05, 0) is 30.7 Å². The summed E-state index contributed by atoms with van der Waals surface area (Å²) in [5.74, 6) is 0.334. The van der Waals surface area contributed by atoms with Crippen molar-refractivity contribution >= 4 is 21.7 Å². The molecule has 0 radical (unpaired) electrons. The van der Waals surface area contributed by atoms with E-state index in [1.54, 1.807) is 0 Å². The molecular formula is C8H11BrO. The maximum absolute atomic E-state index is 11.1. The molecule has 1 aliphatic carbocycles. The summed E-state index contributed by atoms with van der Waals surface area (Å²) in [7, 11) is 0. The molecule has 10 heavy (non-hydrogen) atoms. The zero-order chi connectivity index (χ0) is 7.56. The Kier molecular flexibility index (Phi) is 2.66. The highest BCUT2D eigenvalue weighted by molar-refractivity contribution is 9.11. The lowest BCUT2D eigenvalue weighted by molar-refractivity contribution is -0.116. The highest BCUT2D eigenvalue weighted by Crippen LogP contribution is 2.24. The van der Waals surface area contributed by atoms with E-state index >= 15 is 0 Å². The van der Waals surface area contributed by atoms with Crippen molar-refractivity contribution < 1.29 is 4.79 Å². The summed E-state index contributed by atoms with van der Waals surface area (Å²) < 4.78 is 1.03. The molecule has 0 bridgehead atoms. The maximum Gasteiger partial charge on any atom is 0.159 e. The third kappa shape index (κ3) is 1.69. The maximum atomic E-state index is 11.1. The van der Waals surface area contributed by atoms with E-state index in [4.69, 9.17) is 0 Å². The average molecular weight is 203 g/mol. The summed E-state index contributed by atoms with van der Waals surface area (Å²) in [5, 5.41) is 0. The standard InChI is InChI=1S/C8H11BrO/c1-6(9)7-4-2-3-5-8(7)10/h2-5H2,1H3. The molecule has 0 aromatic carbocycles. The van der Waals surface area contributed by atoms with Crippen LogP contribution in [0.15, 0.2) is 10.1 Å². The van der Waals surface area contributed by atoms with Crippen LogP contribution in [0.2, 0.25) is 0 Å². The van der Waals surface area contributed by atoms with Gasteiger partial charge < -0.3 is 0 Å². The van der Waals surface area contributed by atoms with Crippen molar-refractivity contribution in [2.75, 3.05) is 0 Å². The van der Waals surface area contributed by atoms with Gasteiger partial charge in [-0.2, -0.15) is 0 Å². The fraction of sp³-hybridized carbons (Fsp3) is 0.625. The Balaban J connectivity index is 2.75. The normalized spacial score (nSPS) is 24.8. The Morgan fingerprint density at radius 2 is 2.00 bits per heavy atom. The predicted octanol–water partition coefficient (Wildman–Crippen LogP) is 2.80. The van der Waals surface area contributed by atoms with E-state index in [0.29, 0.717) is 5.78 Å². The Bertz CT molecular complexity index is 178. The number of ketones is 1. The number of hydrogen-bond donors (Lipinski definition) is 0. The molecule has 2 heteroatoms. The van der Waals surface area contributed by atoms with Crippen LogP contribution in [0.25, 0.3) is 0 Å². The molecule has 1 nitrogen and oxygen atoms in total. The van der Waals surface area contributed by atoms with Crippen molar-refractivity contribution in [3.05, 3.63) is 10.1 Å². The molecule has 1 aliphatic rings.